The van der Waals surface area contributed by atoms with E-state index in [0.717, 1.165) is 31.8 Å². The third-order valence-corrected chi connectivity index (χ3v) is 2.17. The van der Waals surface area contributed by atoms with Gasteiger partial charge in [-0.2, -0.15) is 0 Å². The number of allylic oxidation sites excluding steroid dienone is 1. The monoisotopic (exact) mass is 220 g/mol. The first-order valence-corrected chi connectivity index (χ1v) is 5.30. The zero-order valence-corrected chi connectivity index (χ0v) is 9.45. The molecular weight excluding hydrogens is 200 g/mol. The lowest BCUT2D eigenvalue weighted by Gasteiger charge is -2.03. The molecule has 1 aliphatic heterocycles. The van der Waals surface area contributed by atoms with Crippen LogP contribution in [-0.2, 0) is 0 Å². The number of rotatable bonds is 4. The van der Waals surface area contributed by atoms with Crippen LogP contribution in [0.25, 0.3) is 0 Å². The molecule has 0 amide bonds. The van der Waals surface area contributed by atoms with E-state index in [2.05, 4.69) is 28.5 Å². The van der Waals surface area contributed by atoms with Gasteiger partial charge in [0.05, 0.1) is 17.1 Å². The van der Waals surface area contributed by atoms with Crippen molar-refractivity contribution in [2.45, 2.75) is 6.42 Å². The van der Waals surface area contributed by atoms with E-state index in [-0.39, 0.29) is 1.43 Å². The Labute approximate surface area is 97.8 Å². The first kappa shape index (κ1) is 12.4. The summed E-state index contributed by atoms with van der Waals surface area (Å²) in [5, 5.41) is 3.27. The molecule has 0 aromatic carbocycles. The van der Waals surface area contributed by atoms with Crippen LogP contribution in [0.4, 0.5) is 0 Å². The average Bonchev–Trinajstić information content (AvgIpc) is 2.54. The lowest BCUT2D eigenvalue weighted by atomic mass is 10.2. The molecule has 0 saturated carbocycles. The summed E-state index contributed by atoms with van der Waals surface area (Å²) in [6, 6.07) is 0. The molecule has 0 radical (unpaired) electrons. The van der Waals surface area contributed by atoms with Gasteiger partial charge in [0.25, 0.3) is 0 Å². The van der Waals surface area contributed by atoms with Crippen molar-refractivity contribution >= 4 is 11.4 Å². The zero-order valence-electron chi connectivity index (χ0n) is 9.45. The van der Waals surface area contributed by atoms with E-state index in [1.54, 1.807) is 6.08 Å². The molecule has 88 valence electrons. The van der Waals surface area contributed by atoms with E-state index in [1.807, 2.05) is 6.08 Å². The molecule has 1 aliphatic rings. The molecule has 0 fully saturated rings. The van der Waals surface area contributed by atoms with Crippen molar-refractivity contribution in [1.82, 2.24) is 5.32 Å². The summed E-state index contributed by atoms with van der Waals surface area (Å²) in [4.78, 5) is 8.45. The van der Waals surface area contributed by atoms with E-state index in [4.69, 9.17) is 5.73 Å². The zero-order chi connectivity index (χ0) is 11.8. The molecule has 4 nitrogen and oxygen atoms in total. The van der Waals surface area contributed by atoms with Crippen LogP contribution in [0.5, 0.6) is 0 Å². The number of hydrogen-bond donors (Lipinski definition) is 2. The molecule has 4 heteroatoms. The lowest BCUT2D eigenvalue weighted by molar-refractivity contribution is 0.735. The number of nitrogens with zero attached hydrogens (tertiary/aromatic N) is 2. The fourth-order valence-corrected chi connectivity index (χ4v) is 1.39. The van der Waals surface area contributed by atoms with E-state index in [1.165, 1.54) is 6.20 Å². The summed E-state index contributed by atoms with van der Waals surface area (Å²) in [5.74, 6) is 0. The molecule has 0 aromatic heterocycles. The minimum absolute atomic E-state index is 0. The molecule has 0 spiro atoms. The van der Waals surface area contributed by atoms with Crippen LogP contribution in [0.15, 0.2) is 47.2 Å². The van der Waals surface area contributed by atoms with Crippen molar-refractivity contribution in [3.63, 3.8) is 0 Å². The van der Waals surface area contributed by atoms with Gasteiger partial charge in [-0.3, -0.25) is 9.98 Å². The third-order valence-electron chi connectivity index (χ3n) is 2.17. The van der Waals surface area contributed by atoms with Crippen molar-refractivity contribution in [3.05, 3.63) is 37.2 Å². The second-order valence-corrected chi connectivity index (χ2v) is 3.40. The smallest absolute Gasteiger partial charge is 0.0853 e. The molecule has 0 aromatic rings. The first-order valence-electron chi connectivity index (χ1n) is 5.30. The molecule has 0 atom stereocenters. The normalized spacial score (nSPS) is 18.6. The van der Waals surface area contributed by atoms with Gasteiger partial charge in [0, 0.05) is 20.7 Å². The maximum Gasteiger partial charge on any atom is 0.0853 e. The fourth-order valence-electron chi connectivity index (χ4n) is 1.39. The minimum Gasteiger partial charge on any atom is -0.397 e. The van der Waals surface area contributed by atoms with Gasteiger partial charge in [0.1, 0.15) is 0 Å². The molecule has 1 heterocycles. The highest BCUT2D eigenvalue weighted by atomic mass is 14.9. The maximum absolute atomic E-state index is 5.90. The predicted octanol–water partition coefficient (Wildman–Crippen LogP) is 1.28. The van der Waals surface area contributed by atoms with Gasteiger partial charge in [-0.25, -0.2) is 0 Å². The summed E-state index contributed by atoms with van der Waals surface area (Å²) in [7, 11) is 0. The topological polar surface area (TPSA) is 62.8 Å². The highest BCUT2D eigenvalue weighted by molar-refractivity contribution is 6.12. The van der Waals surface area contributed by atoms with Gasteiger partial charge < -0.3 is 11.1 Å². The molecular formula is C12H20N4. The quantitative estimate of drug-likeness (QED) is 0.701. The fraction of sp³-hybridized carbons (Fsp3) is 0.333. The summed E-state index contributed by atoms with van der Waals surface area (Å²) in [5.41, 5.74) is 8.05. The summed E-state index contributed by atoms with van der Waals surface area (Å²) in [6.45, 7) is 9.78. The van der Waals surface area contributed by atoms with E-state index < -0.39 is 0 Å². The Balaban J connectivity index is 0.00000256. The molecule has 16 heavy (non-hydrogen) atoms. The number of hydrogen-bond acceptors (Lipinski definition) is 4. The largest absolute Gasteiger partial charge is 0.397 e. The Morgan fingerprint density at radius 3 is 3.06 bits per heavy atom. The van der Waals surface area contributed by atoms with Crippen LogP contribution in [-0.4, -0.2) is 31.1 Å². The highest BCUT2D eigenvalue weighted by Gasteiger charge is 2.03. The van der Waals surface area contributed by atoms with Gasteiger partial charge in [0.15, 0.2) is 0 Å². The Bertz CT molecular complexity index is 356. The first-order chi connectivity index (χ1) is 7.77. The molecule has 0 aliphatic carbocycles. The standard InChI is InChI=1S/C12H18N4.H2/c1-3-12(15-4-2)11(13)8-10-9-14-6-5-7-16-10;/h3-4,8,14H,1-2,5-7,9,13H2;1H/b11-8-,15-12?;. The van der Waals surface area contributed by atoms with Gasteiger partial charge in [-0.1, -0.05) is 13.2 Å². The number of aliphatic imine (C=N–C) groups is 2. The third kappa shape index (κ3) is 3.82. The van der Waals surface area contributed by atoms with Gasteiger partial charge >= 0.3 is 0 Å². The maximum atomic E-state index is 5.90. The van der Waals surface area contributed by atoms with Gasteiger partial charge in [-0.15, -0.1) is 0 Å². The average molecular weight is 220 g/mol. The summed E-state index contributed by atoms with van der Waals surface area (Å²) >= 11 is 0. The Kier molecular flexibility index (Phi) is 5.22. The van der Waals surface area contributed by atoms with E-state index in [9.17, 15) is 0 Å². The minimum atomic E-state index is 0. The van der Waals surface area contributed by atoms with Gasteiger partial charge in [-0.05, 0) is 25.1 Å². The molecule has 0 bridgehead atoms. The number of nitrogens with two attached hydrogens (primary N) is 1. The highest BCUT2D eigenvalue weighted by Crippen LogP contribution is 1.97. The van der Waals surface area contributed by atoms with Crippen LogP contribution in [0.3, 0.4) is 0 Å². The van der Waals surface area contributed by atoms with Crippen molar-refractivity contribution in [2.24, 2.45) is 15.7 Å². The Hall–Kier alpha value is -1.68. The predicted molar refractivity (Wildman–Crippen MR) is 72.0 cm³/mol. The van der Waals surface area contributed by atoms with Crippen LogP contribution in [0, 0.1) is 0 Å². The second-order valence-electron chi connectivity index (χ2n) is 3.40. The van der Waals surface area contributed by atoms with Crippen LogP contribution >= 0.6 is 0 Å². The molecule has 3 N–H and O–H groups in total. The van der Waals surface area contributed by atoms with E-state index in [0.29, 0.717) is 11.4 Å². The van der Waals surface area contributed by atoms with Crippen LogP contribution < -0.4 is 11.1 Å². The van der Waals surface area contributed by atoms with Crippen LogP contribution in [0.2, 0.25) is 0 Å². The number of nitrogens with one attached hydrogen (secondary N) is 1. The molecule has 0 unspecified atom stereocenters. The van der Waals surface area contributed by atoms with Crippen molar-refractivity contribution < 1.29 is 1.43 Å². The van der Waals surface area contributed by atoms with Crippen LogP contribution in [0.1, 0.15) is 7.85 Å². The summed E-state index contributed by atoms with van der Waals surface area (Å²) in [6.07, 6.45) is 5.96. The van der Waals surface area contributed by atoms with E-state index >= 15 is 0 Å². The summed E-state index contributed by atoms with van der Waals surface area (Å²) < 4.78 is 0. The van der Waals surface area contributed by atoms with Gasteiger partial charge in [0.2, 0.25) is 0 Å². The SMILES string of the molecule is C=CN=C(C=C)/C(N)=C/C1=NCCCNC1.[HH]. The second kappa shape index (κ2) is 6.74. The molecule has 1 rings (SSSR count). The van der Waals surface area contributed by atoms with Crippen molar-refractivity contribution in [1.29, 1.82) is 0 Å². The Morgan fingerprint density at radius 1 is 1.56 bits per heavy atom. The van der Waals surface area contributed by atoms with Crippen molar-refractivity contribution in [2.75, 3.05) is 19.6 Å². The lowest BCUT2D eigenvalue weighted by Crippen LogP contribution is -2.22. The molecule has 0 saturated heterocycles. The Morgan fingerprint density at radius 2 is 2.38 bits per heavy atom. The van der Waals surface area contributed by atoms with Crippen molar-refractivity contribution in [3.8, 4) is 0 Å².